The van der Waals surface area contributed by atoms with E-state index in [0.29, 0.717) is 11.8 Å². The Bertz CT molecular complexity index is 909. The third kappa shape index (κ3) is 3.06. The second-order valence-electron chi connectivity index (χ2n) is 7.44. The van der Waals surface area contributed by atoms with E-state index >= 15 is 0 Å². The van der Waals surface area contributed by atoms with Crippen LogP contribution in [0.5, 0.6) is 0 Å². The summed E-state index contributed by atoms with van der Waals surface area (Å²) in [5.74, 6) is 0.968. The molecular formula is C25H26OS. The molecule has 0 amide bonds. The summed E-state index contributed by atoms with van der Waals surface area (Å²) in [6, 6.07) is 19.4. The molecule has 0 saturated heterocycles. The quantitative estimate of drug-likeness (QED) is 0.419. The Morgan fingerprint density at radius 1 is 1.04 bits per heavy atom. The number of thioether (sulfide) groups is 1. The van der Waals surface area contributed by atoms with Crippen molar-refractivity contribution in [3.63, 3.8) is 0 Å². The van der Waals surface area contributed by atoms with E-state index in [1.165, 1.54) is 21.6 Å². The van der Waals surface area contributed by atoms with Crippen LogP contribution in [0.1, 0.15) is 37.3 Å². The van der Waals surface area contributed by atoms with Crippen LogP contribution in [0, 0.1) is 11.3 Å². The highest BCUT2D eigenvalue weighted by Gasteiger charge is 2.47. The summed E-state index contributed by atoms with van der Waals surface area (Å²) in [4.78, 5) is 1.20. The van der Waals surface area contributed by atoms with Crippen molar-refractivity contribution in [2.24, 2.45) is 11.3 Å². The van der Waals surface area contributed by atoms with Crippen molar-refractivity contribution in [3.8, 4) is 0 Å². The fraction of sp³-hybridized carbons (Fsp3) is 0.280. The van der Waals surface area contributed by atoms with Gasteiger partial charge in [-0.3, -0.25) is 0 Å². The van der Waals surface area contributed by atoms with Gasteiger partial charge in [-0.2, -0.15) is 0 Å². The molecule has 2 aliphatic carbocycles. The van der Waals surface area contributed by atoms with E-state index in [2.05, 4.69) is 92.7 Å². The van der Waals surface area contributed by atoms with Crippen LogP contribution in [-0.4, -0.2) is 7.11 Å². The average Bonchev–Trinajstić information content (AvgIpc) is 2.71. The fourth-order valence-electron chi connectivity index (χ4n) is 4.68. The molecule has 4 rings (SSSR count). The summed E-state index contributed by atoms with van der Waals surface area (Å²) < 4.78 is 6.02. The predicted octanol–water partition coefficient (Wildman–Crippen LogP) is 7.05. The van der Waals surface area contributed by atoms with Gasteiger partial charge in [-0.1, -0.05) is 92.4 Å². The van der Waals surface area contributed by atoms with E-state index in [0.717, 1.165) is 11.5 Å². The molecule has 3 atom stereocenters. The van der Waals surface area contributed by atoms with Crippen molar-refractivity contribution in [1.82, 2.24) is 0 Å². The topological polar surface area (TPSA) is 9.23 Å². The van der Waals surface area contributed by atoms with Crippen LogP contribution in [0.4, 0.5) is 0 Å². The molecule has 138 valence electrons. The van der Waals surface area contributed by atoms with Crippen LogP contribution in [0.2, 0.25) is 0 Å². The Kier molecular flexibility index (Phi) is 5.01. The Morgan fingerprint density at radius 3 is 2.52 bits per heavy atom. The highest BCUT2D eigenvalue weighted by atomic mass is 32.2. The predicted molar refractivity (Wildman–Crippen MR) is 116 cm³/mol. The Hall–Kier alpha value is -2.19. The van der Waals surface area contributed by atoms with Gasteiger partial charge in [-0.05, 0) is 41.5 Å². The molecule has 0 aromatic heterocycles. The van der Waals surface area contributed by atoms with Gasteiger partial charge in [-0.15, -0.1) is 0 Å². The van der Waals surface area contributed by atoms with Crippen molar-refractivity contribution in [1.29, 1.82) is 0 Å². The minimum atomic E-state index is -0.0725. The molecule has 0 fully saturated rings. The molecule has 3 unspecified atom stereocenters. The molecule has 1 nitrogen and oxygen atoms in total. The highest BCUT2D eigenvalue weighted by molar-refractivity contribution is 8.03. The van der Waals surface area contributed by atoms with Gasteiger partial charge in [0.1, 0.15) is 0 Å². The van der Waals surface area contributed by atoms with Crippen molar-refractivity contribution in [2.45, 2.75) is 31.1 Å². The van der Waals surface area contributed by atoms with Gasteiger partial charge < -0.3 is 4.74 Å². The minimum absolute atomic E-state index is 0.0725. The van der Waals surface area contributed by atoms with Gasteiger partial charge >= 0.3 is 0 Å². The molecule has 2 aromatic rings. The zero-order valence-electron chi connectivity index (χ0n) is 16.2. The first-order valence-corrected chi connectivity index (χ1v) is 10.5. The van der Waals surface area contributed by atoms with Crippen LogP contribution < -0.4 is 0 Å². The van der Waals surface area contributed by atoms with Crippen molar-refractivity contribution < 1.29 is 4.74 Å². The van der Waals surface area contributed by atoms with E-state index in [4.69, 9.17) is 4.74 Å². The van der Waals surface area contributed by atoms with Crippen LogP contribution in [0.25, 0.3) is 5.57 Å². The summed E-state index contributed by atoms with van der Waals surface area (Å²) in [6.07, 6.45) is 10.3. The largest absolute Gasteiger partial charge is 0.490 e. The number of allylic oxidation sites excluding steroid dienone is 5. The standard InChI is InChI=1S/C25H26OS/c1-4-19-20-14-8-9-15-21(20)23(25(2)17-11-10-16-22(19)25)24(26-3)27-18-12-6-5-7-13-18/h5-17,19,22H,4H2,1-3H3/b24-23+. The molecule has 2 aromatic carbocycles. The minimum Gasteiger partial charge on any atom is -0.490 e. The normalized spacial score (nSPS) is 27.7. The van der Waals surface area contributed by atoms with Crippen molar-refractivity contribution in [2.75, 3.05) is 7.11 Å². The summed E-state index contributed by atoms with van der Waals surface area (Å²) in [5, 5.41) is 0.996. The van der Waals surface area contributed by atoms with Crippen molar-refractivity contribution in [3.05, 3.63) is 95.1 Å². The van der Waals surface area contributed by atoms with Crippen LogP contribution in [0.3, 0.4) is 0 Å². The van der Waals surface area contributed by atoms with Crippen LogP contribution in [0.15, 0.2) is 88.9 Å². The highest BCUT2D eigenvalue weighted by Crippen LogP contribution is 2.59. The third-order valence-electron chi connectivity index (χ3n) is 5.95. The first kappa shape index (κ1) is 18.2. The molecular weight excluding hydrogens is 348 g/mol. The van der Waals surface area contributed by atoms with Gasteiger partial charge in [0, 0.05) is 15.9 Å². The monoisotopic (exact) mass is 374 g/mol. The summed E-state index contributed by atoms with van der Waals surface area (Å²) in [5.41, 5.74) is 4.02. The van der Waals surface area contributed by atoms with Gasteiger partial charge in [0.2, 0.25) is 0 Å². The second-order valence-corrected chi connectivity index (χ2v) is 8.48. The van der Waals surface area contributed by atoms with Gasteiger partial charge in [0.25, 0.3) is 0 Å². The van der Waals surface area contributed by atoms with E-state index in [9.17, 15) is 0 Å². The number of methoxy groups -OCH3 is 1. The average molecular weight is 375 g/mol. The molecule has 0 radical (unpaired) electrons. The van der Waals surface area contributed by atoms with Crippen LogP contribution in [-0.2, 0) is 4.74 Å². The van der Waals surface area contributed by atoms with Gasteiger partial charge in [0.15, 0.2) is 5.09 Å². The number of fused-ring (bicyclic) bond motifs is 2. The van der Waals surface area contributed by atoms with E-state index in [-0.39, 0.29) is 5.41 Å². The smallest absolute Gasteiger partial charge is 0.162 e. The first-order valence-electron chi connectivity index (χ1n) is 9.66. The lowest BCUT2D eigenvalue weighted by Crippen LogP contribution is -2.37. The maximum absolute atomic E-state index is 6.02. The Morgan fingerprint density at radius 2 is 1.78 bits per heavy atom. The maximum atomic E-state index is 6.02. The zero-order valence-corrected chi connectivity index (χ0v) is 17.0. The van der Waals surface area contributed by atoms with E-state index < -0.39 is 0 Å². The molecule has 2 aliphatic rings. The number of rotatable bonds is 4. The van der Waals surface area contributed by atoms with Crippen molar-refractivity contribution >= 4 is 17.3 Å². The van der Waals surface area contributed by atoms with Crippen LogP contribution >= 0.6 is 11.8 Å². The van der Waals surface area contributed by atoms with E-state index in [1.54, 1.807) is 18.9 Å². The number of ether oxygens (including phenoxy) is 1. The molecule has 2 heteroatoms. The SMILES string of the molecule is CCC1c2ccccc2/C(=C(/OC)Sc2ccccc2)C2(C)C=CC=CC12. The number of hydrogen-bond acceptors (Lipinski definition) is 2. The van der Waals surface area contributed by atoms with Gasteiger partial charge in [0.05, 0.1) is 7.11 Å². The summed E-state index contributed by atoms with van der Waals surface area (Å²) in [7, 11) is 1.80. The molecule has 0 heterocycles. The van der Waals surface area contributed by atoms with E-state index in [1.807, 2.05) is 0 Å². The lowest BCUT2D eigenvalue weighted by molar-refractivity contribution is 0.290. The second kappa shape index (κ2) is 7.44. The molecule has 0 bridgehead atoms. The third-order valence-corrected chi connectivity index (χ3v) is 7.01. The Balaban J connectivity index is 1.95. The fourth-order valence-corrected chi connectivity index (χ4v) is 5.70. The Labute approximate surface area is 166 Å². The maximum Gasteiger partial charge on any atom is 0.162 e. The number of hydrogen-bond donors (Lipinski definition) is 0. The van der Waals surface area contributed by atoms with Gasteiger partial charge in [-0.25, -0.2) is 0 Å². The number of benzene rings is 2. The summed E-state index contributed by atoms with van der Waals surface area (Å²) in [6.45, 7) is 4.68. The molecule has 27 heavy (non-hydrogen) atoms. The lowest BCUT2D eigenvalue weighted by Gasteiger charge is -2.47. The first-order chi connectivity index (χ1) is 13.2. The molecule has 0 spiro atoms. The molecule has 0 aliphatic heterocycles. The summed E-state index contributed by atoms with van der Waals surface area (Å²) >= 11 is 1.72. The molecule has 0 N–H and O–H groups in total. The lowest BCUT2D eigenvalue weighted by atomic mass is 9.56. The zero-order chi connectivity index (χ0) is 18.9. The molecule has 0 saturated carbocycles.